The van der Waals surface area contributed by atoms with Gasteiger partial charge in [0, 0.05) is 11.3 Å². The first-order valence-corrected chi connectivity index (χ1v) is 12.8. The van der Waals surface area contributed by atoms with Crippen LogP contribution < -0.4 is 9.47 Å². The molecule has 3 aromatic carbocycles. The average Bonchev–Trinajstić information content (AvgIpc) is 3.34. The van der Waals surface area contributed by atoms with Crippen molar-refractivity contribution in [1.82, 2.24) is 10.1 Å². The number of hydrogen-bond donors (Lipinski definition) is 1. The highest BCUT2D eigenvalue weighted by Crippen LogP contribution is 2.29. The first-order valence-electron chi connectivity index (χ1n) is 12.8. The van der Waals surface area contributed by atoms with Gasteiger partial charge in [0.25, 0.3) is 0 Å². The van der Waals surface area contributed by atoms with Gasteiger partial charge in [0.05, 0.1) is 11.1 Å². The number of aromatic carboxylic acids is 1. The summed E-state index contributed by atoms with van der Waals surface area (Å²) in [6, 6.07) is 23.0. The molecule has 2 heterocycles. The van der Waals surface area contributed by atoms with Crippen molar-refractivity contribution >= 4 is 16.9 Å². The quantitative estimate of drug-likeness (QED) is 0.214. The maximum absolute atomic E-state index is 11.2. The van der Waals surface area contributed by atoms with Crippen molar-refractivity contribution in [2.24, 2.45) is 0 Å². The molecule has 7 heteroatoms. The van der Waals surface area contributed by atoms with Crippen LogP contribution in [0.1, 0.15) is 58.4 Å². The number of ether oxygens (including phenoxy) is 2. The Morgan fingerprint density at radius 2 is 1.62 bits per heavy atom. The van der Waals surface area contributed by atoms with Crippen molar-refractivity contribution in [3.05, 3.63) is 107 Å². The SMILES string of the molecule is Cc1cccc(C)c1OCc1noc(C(C)C)c1COc1ccc(-c2ccc3nc(C(=O)O)ccc3c2)cc1. The van der Waals surface area contributed by atoms with Gasteiger partial charge < -0.3 is 19.1 Å². The maximum atomic E-state index is 11.2. The lowest BCUT2D eigenvalue weighted by Crippen LogP contribution is -2.06. The fourth-order valence-corrected chi connectivity index (χ4v) is 4.57. The number of hydrogen-bond acceptors (Lipinski definition) is 6. The largest absolute Gasteiger partial charge is 0.489 e. The number of fused-ring (bicyclic) bond motifs is 1. The summed E-state index contributed by atoms with van der Waals surface area (Å²) in [5.41, 5.74) is 6.49. The first kappa shape index (κ1) is 26.0. The van der Waals surface area contributed by atoms with Crippen LogP contribution in [0, 0.1) is 13.8 Å². The zero-order valence-electron chi connectivity index (χ0n) is 22.4. The van der Waals surface area contributed by atoms with Crippen LogP contribution in [-0.4, -0.2) is 21.2 Å². The Bertz CT molecular complexity index is 1620. The van der Waals surface area contributed by atoms with Crippen molar-refractivity contribution < 1.29 is 23.9 Å². The molecular formula is C32H30N2O5. The van der Waals surface area contributed by atoms with Gasteiger partial charge in [-0.25, -0.2) is 9.78 Å². The fourth-order valence-electron chi connectivity index (χ4n) is 4.57. The van der Waals surface area contributed by atoms with Crippen LogP contribution in [-0.2, 0) is 13.2 Å². The molecule has 0 aliphatic carbocycles. The molecule has 0 aliphatic heterocycles. The second-order valence-electron chi connectivity index (χ2n) is 9.86. The predicted molar refractivity (Wildman–Crippen MR) is 149 cm³/mol. The van der Waals surface area contributed by atoms with Gasteiger partial charge in [0.15, 0.2) is 0 Å². The first-order chi connectivity index (χ1) is 18.8. The summed E-state index contributed by atoms with van der Waals surface area (Å²) in [5.74, 6) is 1.50. The van der Waals surface area contributed by atoms with Gasteiger partial charge in [-0.15, -0.1) is 0 Å². The van der Waals surface area contributed by atoms with Gasteiger partial charge in [0.1, 0.15) is 41.9 Å². The van der Waals surface area contributed by atoms with E-state index in [1.807, 2.05) is 74.5 Å². The molecule has 0 saturated heterocycles. The van der Waals surface area contributed by atoms with Crippen molar-refractivity contribution in [2.75, 3.05) is 0 Å². The highest BCUT2D eigenvalue weighted by Gasteiger charge is 2.20. The zero-order chi connectivity index (χ0) is 27.5. The Morgan fingerprint density at radius 3 is 2.31 bits per heavy atom. The van der Waals surface area contributed by atoms with Gasteiger partial charge in [-0.1, -0.05) is 61.5 Å². The van der Waals surface area contributed by atoms with E-state index in [9.17, 15) is 4.79 Å². The van der Waals surface area contributed by atoms with E-state index in [2.05, 4.69) is 24.0 Å². The molecule has 0 amide bonds. The lowest BCUT2D eigenvalue weighted by molar-refractivity contribution is 0.0691. The van der Waals surface area contributed by atoms with E-state index in [4.69, 9.17) is 19.1 Å². The molecule has 0 bridgehead atoms. The second kappa shape index (κ2) is 11.0. The van der Waals surface area contributed by atoms with E-state index in [0.29, 0.717) is 18.7 Å². The van der Waals surface area contributed by atoms with Gasteiger partial charge in [-0.3, -0.25) is 0 Å². The molecule has 0 spiro atoms. The van der Waals surface area contributed by atoms with Crippen molar-refractivity contribution in [1.29, 1.82) is 0 Å². The van der Waals surface area contributed by atoms with Crippen LogP contribution in [0.2, 0.25) is 0 Å². The van der Waals surface area contributed by atoms with E-state index in [0.717, 1.165) is 56.2 Å². The minimum Gasteiger partial charge on any atom is -0.489 e. The minimum atomic E-state index is -1.04. The van der Waals surface area contributed by atoms with E-state index >= 15 is 0 Å². The summed E-state index contributed by atoms with van der Waals surface area (Å²) < 4.78 is 18.0. The van der Waals surface area contributed by atoms with Crippen LogP contribution >= 0.6 is 0 Å². The van der Waals surface area contributed by atoms with Crippen LogP contribution in [0.15, 0.2) is 77.3 Å². The highest BCUT2D eigenvalue weighted by molar-refractivity contribution is 5.91. The van der Waals surface area contributed by atoms with Crippen LogP contribution in [0.4, 0.5) is 0 Å². The third-order valence-corrected chi connectivity index (χ3v) is 6.67. The maximum Gasteiger partial charge on any atom is 0.354 e. The van der Waals surface area contributed by atoms with Crippen LogP contribution in [0.25, 0.3) is 22.0 Å². The third-order valence-electron chi connectivity index (χ3n) is 6.67. The molecule has 5 rings (SSSR count). The molecule has 198 valence electrons. The monoisotopic (exact) mass is 522 g/mol. The highest BCUT2D eigenvalue weighted by atomic mass is 16.5. The molecule has 0 aliphatic rings. The number of pyridine rings is 1. The van der Waals surface area contributed by atoms with Crippen LogP contribution in [0.5, 0.6) is 11.5 Å². The summed E-state index contributed by atoms with van der Waals surface area (Å²) in [6.45, 7) is 8.80. The number of para-hydroxylation sites is 1. The molecule has 5 aromatic rings. The molecule has 2 aromatic heterocycles. The fraction of sp³-hybridized carbons (Fsp3) is 0.219. The van der Waals surface area contributed by atoms with Gasteiger partial charge >= 0.3 is 5.97 Å². The Labute approximate surface area is 227 Å². The summed E-state index contributed by atoms with van der Waals surface area (Å²) >= 11 is 0. The number of carboxylic acids is 1. The number of carbonyl (C=O) groups is 1. The molecule has 0 atom stereocenters. The number of aryl methyl sites for hydroxylation is 2. The van der Waals surface area contributed by atoms with Gasteiger partial charge in [0.2, 0.25) is 0 Å². The van der Waals surface area contributed by atoms with E-state index < -0.39 is 5.97 Å². The summed E-state index contributed by atoms with van der Waals surface area (Å²) in [4.78, 5) is 15.4. The topological polar surface area (TPSA) is 94.7 Å². The molecule has 1 N–H and O–H groups in total. The molecule has 0 saturated carbocycles. The summed E-state index contributed by atoms with van der Waals surface area (Å²) in [6.07, 6.45) is 0. The number of carboxylic acid groups (broad SMARTS) is 1. The Hall–Kier alpha value is -4.65. The molecular weight excluding hydrogens is 492 g/mol. The van der Waals surface area contributed by atoms with Crippen molar-refractivity contribution in [2.45, 2.75) is 46.8 Å². The van der Waals surface area contributed by atoms with E-state index in [-0.39, 0.29) is 11.6 Å². The summed E-state index contributed by atoms with van der Waals surface area (Å²) in [5, 5.41) is 14.3. The smallest absolute Gasteiger partial charge is 0.354 e. The van der Waals surface area contributed by atoms with Crippen LogP contribution in [0.3, 0.4) is 0 Å². The molecule has 7 nitrogen and oxygen atoms in total. The van der Waals surface area contributed by atoms with E-state index in [1.165, 1.54) is 6.07 Å². The average molecular weight is 523 g/mol. The molecule has 0 fully saturated rings. The molecule has 0 radical (unpaired) electrons. The number of benzene rings is 3. The Kier molecular flexibility index (Phi) is 7.32. The Balaban J connectivity index is 1.30. The number of nitrogens with zero attached hydrogens (tertiary/aromatic N) is 2. The Morgan fingerprint density at radius 1 is 0.897 bits per heavy atom. The predicted octanol–water partition coefficient (Wildman–Crippen LogP) is 7.49. The normalized spacial score (nSPS) is 11.2. The molecule has 39 heavy (non-hydrogen) atoms. The standard InChI is InChI=1S/C32H30N2O5/c1-19(2)30-26(29(34-39-30)18-38-31-20(3)6-5-7-21(31)4)17-37-25-12-8-22(9-13-25)23-10-14-27-24(16-23)11-15-28(33-27)32(35)36/h5-16,19H,17-18H2,1-4H3,(H,35,36). The number of aromatic nitrogens is 2. The van der Waals surface area contributed by atoms with Gasteiger partial charge in [-0.2, -0.15) is 0 Å². The second-order valence-corrected chi connectivity index (χ2v) is 9.86. The lowest BCUT2D eigenvalue weighted by Gasteiger charge is -2.13. The summed E-state index contributed by atoms with van der Waals surface area (Å²) in [7, 11) is 0. The van der Waals surface area contributed by atoms with Crippen molar-refractivity contribution in [3.63, 3.8) is 0 Å². The zero-order valence-corrected chi connectivity index (χ0v) is 22.4. The third kappa shape index (κ3) is 5.62. The van der Waals surface area contributed by atoms with Gasteiger partial charge in [-0.05, 0) is 66.4 Å². The minimum absolute atomic E-state index is 0.0326. The van der Waals surface area contributed by atoms with Crippen molar-refractivity contribution in [3.8, 4) is 22.6 Å². The molecule has 0 unspecified atom stereocenters. The lowest BCUT2D eigenvalue weighted by atomic mass is 10.0. The number of rotatable bonds is 9. The van der Waals surface area contributed by atoms with E-state index in [1.54, 1.807) is 6.07 Å².